The predicted molar refractivity (Wildman–Crippen MR) is 153 cm³/mol. The van der Waals surface area contributed by atoms with E-state index in [-0.39, 0.29) is 41.6 Å². The Balaban J connectivity index is 1.36. The summed E-state index contributed by atoms with van der Waals surface area (Å²) in [6.07, 6.45) is 6.12. The van der Waals surface area contributed by atoms with Gasteiger partial charge in [-0.25, -0.2) is 0 Å². The van der Waals surface area contributed by atoms with Crippen LogP contribution in [0, 0.1) is 0 Å². The van der Waals surface area contributed by atoms with E-state index in [1.165, 1.54) is 24.3 Å². The van der Waals surface area contributed by atoms with Crippen molar-refractivity contribution in [1.82, 2.24) is 15.1 Å². The largest absolute Gasteiger partial charge is 0.487 e. The van der Waals surface area contributed by atoms with Crippen molar-refractivity contribution >= 4 is 34.8 Å². The molecule has 3 unspecified atom stereocenters. The first kappa shape index (κ1) is 27.5. The molecule has 11 heteroatoms. The van der Waals surface area contributed by atoms with Gasteiger partial charge in [0.25, 0.3) is 5.91 Å². The molecule has 0 bridgehead atoms. The average Bonchev–Trinajstić information content (AvgIpc) is 3.66. The van der Waals surface area contributed by atoms with Crippen LogP contribution < -0.4 is 15.0 Å². The van der Waals surface area contributed by atoms with Gasteiger partial charge in [-0.05, 0) is 87.6 Å². The number of anilines is 2. The molecular formula is C30H32ClF2N5O3. The summed E-state index contributed by atoms with van der Waals surface area (Å²) < 4.78 is 30.3. The number of H-pyrrole nitrogens is 1. The van der Waals surface area contributed by atoms with Crippen molar-refractivity contribution in [3.63, 3.8) is 0 Å². The second-order valence-electron chi connectivity index (χ2n) is 11.2. The third-order valence-electron chi connectivity index (χ3n) is 8.41. The molecule has 3 heterocycles. The molecule has 3 atom stereocenters. The molecule has 216 valence electrons. The molecule has 1 aliphatic carbocycles. The Hall–Kier alpha value is -3.66. The van der Waals surface area contributed by atoms with Crippen molar-refractivity contribution in [2.75, 3.05) is 16.8 Å². The zero-order valence-corrected chi connectivity index (χ0v) is 23.6. The van der Waals surface area contributed by atoms with Crippen LogP contribution in [0.5, 0.6) is 5.75 Å². The molecule has 1 saturated carbocycles. The zero-order valence-electron chi connectivity index (χ0n) is 22.9. The Bertz CT molecular complexity index is 1440. The highest BCUT2D eigenvalue weighted by atomic mass is 35.5. The first-order chi connectivity index (χ1) is 19.6. The number of halogens is 3. The Morgan fingerprint density at radius 3 is 2.61 bits per heavy atom. The van der Waals surface area contributed by atoms with Crippen LogP contribution in [0.4, 0.5) is 20.2 Å². The highest BCUT2D eigenvalue weighted by molar-refractivity contribution is 6.20. The smallest absolute Gasteiger partial charge is 0.420 e. The molecule has 2 N–H and O–H groups in total. The van der Waals surface area contributed by atoms with E-state index < -0.39 is 5.57 Å². The summed E-state index contributed by atoms with van der Waals surface area (Å²) in [7, 11) is 0. The van der Waals surface area contributed by atoms with Gasteiger partial charge in [-0.2, -0.15) is 5.10 Å². The van der Waals surface area contributed by atoms with E-state index in [1.807, 2.05) is 18.2 Å². The molecule has 1 aromatic heterocycles. The van der Waals surface area contributed by atoms with Crippen LogP contribution >= 0.6 is 11.6 Å². The summed E-state index contributed by atoms with van der Waals surface area (Å²) in [6, 6.07) is 11.7. The number of piperidine rings is 1. The molecule has 1 saturated heterocycles. The molecule has 2 aliphatic heterocycles. The second kappa shape index (κ2) is 10.6. The molecule has 2 amide bonds. The van der Waals surface area contributed by atoms with Crippen molar-refractivity contribution in [2.24, 2.45) is 0 Å². The van der Waals surface area contributed by atoms with E-state index in [9.17, 15) is 18.4 Å². The van der Waals surface area contributed by atoms with E-state index >= 15 is 0 Å². The molecule has 0 radical (unpaired) electrons. The Labute approximate surface area is 242 Å². The lowest BCUT2D eigenvalue weighted by molar-refractivity contribution is -0.136. The van der Waals surface area contributed by atoms with Gasteiger partial charge in [0.1, 0.15) is 5.75 Å². The van der Waals surface area contributed by atoms with Gasteiger partial charge in [-0.15, -0.1) is 8.78 Å². The van der Waals surface area contributed by atoms with Crippen molar-refractivity contribution < 1.29 is 23.1 Å². The lowest BCUT2D eigenvalue weighted by atomic mass is 9.92. The number of aromatic nitrogens is 2. The fourth-order valence-corrected chi connectivity index (χ4v) is 6.95. The lowest BCUT2D eigenvalue weighted by Gasteiger charge is -2.42. The maximum Gasteiger partial charge on any atom is 0.487 e. The zero-order chi connectivity index (χ0) is 28.9. The van der Waals surface area contributed by atoms with E-state index in [0.29, 0.717) is 17.7 Å². The Kier molecular flexibility index (Phi) is 7.13. The van der Waals surface area contributed by atoms with Crippen LogP contribution in [-0.4, -0.2) is 57.1 Å². The normalized spacial score (nSPS) is 22.2. The number of carbonyl (C=O) groups excluding carboxylic acids is 2. The summed E-state index contributed by atoms with van der Waals surface area (Å²) in [5, 5.41) is 10.1. The number of rotatable bonds is 7. The third-order valence-corrected chi connectivity index (χ3v) is 8.49. The van der Waals surface area contributed by atoms with Crippen molar-refractivity contribution in [3.05, 3.63) is 59.8 Å². The molecule has 2 fully saturated rings. The standard InChI is InChI=1S/C30H32ClF2N5O3/c1-17(2)38-27-22(21-10-11-25(28(21)38)37-14-4-3-5-26(37)39)15-18(16-23(27)24-12-13-34-36-24)29(40)35-19-6-8-20(9-7-19)41-30(31,32)33/h6-9,12-13,15-17,21,25,28H,3-5,10-11,14H2,1-2H3,(H,34,36)(H,35,40). The number of amides is 2. The molecule has 0 spiro atoms. The van der Waals surface area contributed by atoms with Gasteiger partial charge in [0, 0.05) is 59.5 Å². The molecular weight excluding hydrogens is 552 g/mol. The van der Waals surface area contributed by atoms with E-state index in [4.69, 9.17) is 11.6 Å². The summed E-state index contributed by atoms with van der Waals surface area (Å²) in [6.45, 7) is 5.14. The topological polar surface area (TPSA) is 90.6 Å². The van der Waals surface area contributed by atoms with E-state index in [0.717, 1.165) is 54.7 Å². The number of benzene rings is 2. The number of nitrogens with zero attached hydrogens (tertiary/aromatic N) is 3. The number of nitrogens with one attached hydrogen (secondary N) is 2. The number of fused-ring (bicyclic) bond motifs is 3. The van der Waals surface area contributed by atoms with E-state index in [1.54, 1.807) is 6.20 Å². The molecule has 3 aromatic rings. The molecule has 3 aliphatic rings. The molecule has 2 aromatic carbocycles. The summed E-state index contributed by atoms with van der Waals surface area (Å²) >= 11 is 4.85. The first-order valence-electron chi connectivity index (χ1n) is 14.0. The number of alkyl halides is 3. The third kappa shape index (κ3) is 5.25. The lowest BCUT2D eigenvalue weighted by Crippen LogP contribution is -2.53. The average molecular weight is 584 g/mol. The van der Waals surface area contributed by atoms with Gasteiger partial charge in [-0.3, -0.25) is 14.7 Å². The second-order valence-corrected chi connectivity index (χ2v) is 11.7. The Morgan fingerprint density at radius 1 is 1.17 bits per heavy atom. The number of likely N-dealkylation sites (tertiary alicyclic amines) is 1. The van der Waals surface area contributed by atoms with Gasteiger partial charge in [0.2, 0.25) is 5.91 Å². The first-order valence-corrected chi connectivity index (χ1v) is 14.4. The van der Waals surface area contributed by atoms with Crippen LogP contribution in [-0.2, 0) is 4.79 Å². The predicted octanol–water partition coefficient (Wildman–Crippen LogP) is 6.35. The van der Waals surface area contributed by atoms with Gasteiger partial charge in [0.15, 0.2) is 0 Å². The maximum absolute atomic E-state index is 13.5. The Morgan fingerprint density at radius 2 is 1.95 bits per heavy atom. The highest BCUT2D eigenvalue weighted by Gasteiger charge is 2.51. The van der Waals surface area contributed by atoms with Crippen LogP contribution in [0.25, 0.3) is 11.3 Å². The van der Waals surface area contributed by atoms with Crippen LogP contribution in [0.2, 0.25) is 0 Å². The van der Waals surface area contributed by atoms with Crippen molar-refractivity contribution in [1.29, 1.82) is 0 Å². The number of carbonyl (C=O) groups is 2. The van der Waals surface area contributed by atoms with Gasteiger partial charge in [-0.1, -0.05) is 0 Å². The highest BCUT2D eigenvalue weighted by Crippen LogP contribution is 2.55. The van der Waals surface area contributed by atoms with Gasteiger partial charge < -0.3 is 19.9 Å². The number of aromatic amines is 1. The fraction of sp³-hybridized carbons (Fsp3) is 0.433. The summed E-state index contributed by atoms with van der Waals surface area (Å²) in [5.74, 6) is -0.0353. The van der Waals surface area contributed by atoms with Gasteiger partial charge >= 0.3 is 5.57 Å². The SMILES string of the molecule is CC(C)N1c2c(-c3ccn[nH]3)cc(C(=O)Nc3ccc(OC(F)(F)Cl)cc3)cc2C2CCC(N3CCCCC3=O)C21. The van der Waals surface area contributed by atoms with Crippen molar-refractivity contribution in [3.8, 4) is 17.0 Å². The quantitative estimate of drug-likeness (QED) is 0.316. The van der Waals surface area contributed by atoms with Crippen molar-refractivity contribution in [2.45, 2.75) is 75.6 Å². The molecule has 6 rings (SSSR count). The summed E-state index contributed by atoms with van der Waals surface area (Å²) in [5.41, 5.74) is 0.939. The number of hydrogen-bond donors (Lipinski definition) is 2. The van der Waals surface area contributed by atoms with Crippen LogP contribution in [0.15, 0.2) is 48.7 Å². The number of ether oxygens (including phenoxy) is 1. The van der Waals surface area contributed by atoms with Crippen LogP contribution in [0.3, 0.4) is 0 Å². The number of hydrogen-bond acceptors (Lipinski definition) is 5. The fourth-order valence-electron chi connectivity index (χ4n) is 6.86. The van der Waals surface area contributed by atoms with E-state index in [2.05, 4.69) is 43.9 Å². The molecule has 8 nitrogen and oxygen atoms in total. The van der Waals surface area contributed by atoms with Gasteiger partial charge in [0.05, 0.1) is 23.5 Å². The molecule has 41 heavy (non-hydrogen) atoms. The minimum absolute atomic E-state index is 0.121. The minimum Gasteiger partial charge on any atom is -0.420 e. The van der Waals surface area contributed by atoms with Crippen LogP contribution in [0.1, 0.15) is 67.8 Å². The monoisotopic (exact) mass is 583 g/mol. The maximum atomic E-state index is 13.5. The summed E-state index contributed by atoms with van der Waals surface area (Å²) in [4.78, 5) is 31.1. The minimum atomic E-state index is -3.82.